The molecule has 184 valence electrons. The molecule has 37 heavy (non-hydrogen) atoms. The Kier molecular flexibility index (Phi) is 6.50. The predicted octanol–water partition coefficient (Wildman–Crippen LogP) is 4.44. The molecule has 5 aromatic rings. The summed E-state index contributed by atoms with van der Waals surface area (Å²) in [6.07, 6.45) is 6.32. The third-order valence-corrected chi connectivity index (χ3v) is 5.74. The summed E-state index contributed by atoms with van der Waals surface area (Å²) in [5.41, 5.74) is 3.83. The number of hydrogen-bond donors (Lipinski definition) is 2. The molecule has 0 saturated carbocycles. The Labute approximate surface area is 212 Å². The molecule has 9 heteroatoms. The van der Waals surface area contributed by atoms with E-state index in [1.54, 1.807) is 43.2 Å². The summed E-state index contributed by atoms with van der Waals surface area (Å²) in [4.78, 5) is 31.5. The number of carbonyl (C=O) groups excluding carboxylic acids is 1. The van der Waals surface area contributed by atoms with Gasteiger partial charge in [-0.2, -0.15) is 5.10 Å². The number of carbonyl (C=O) groups is 1. The van der Waals surface area contributed by atoms with E-state index >= 15 is 0 Å². The van der Waals surface area contributed by atoms with Gasteiger partial charge in [-0.15, -0.1) is 0 Å². The molecule has 9 nitrogen and oxygen atoms in total. The molecule has 0 radical (unpaired) electrons. The average Bonchev–Trinajstić information content (AvgIpc) is 3.37. The van der Waals surface area contributed by atoms with Crippen molar-refractivity contribution in [3.8, 4) is 28.4 Å². The van der Waals surface area contributed by atoms with E-state index in [1.807, 2.05) is 54.7 Å². The summed E-state index contributed by atoms with van der Waals surface area (Å²) in [7, 11) is 3.16. The van der Waals surface area contributed by atoms with Crippen molar-refractivity contribution in [2.45, 2.75) is 0 Å². The molecule has 5 rings (SSSR count). The van der Waals surface area contributed by atoms with E-state index < -0.39 is 0 Å². The maximum absolute atomic E-state index is 12.8. The van der Waals surface area contributed by atoms with E-state index in [-0.39, 0.29) is 11.5 Å². The topological polar surface area (TPSA) is 111 Å². The van der Waals surface area contributed by atoms with Crippen molar-refractivity contribution >= 4 is 28.6 Å². The van der Waals surface area contributed by atoms with Gasteiger partial charge in [0.05, 0.1) is 37.1 Å². The van der Waals surface area contributed by atoms with Gasteiger partial charge in [-0.05, 0) is 54.6 Å². The zero-order valence-corrected chi connectivity index (χ0v) is 20.1. The van der Waals surface area contributed by atoms with Gasteiger partial charge in [0.2, 0.25) is 5.91 Å². The zero-order valence-electron chi connectivity index (χ0n) is 20.1. The van der Waals surface area contributed by atoms with Crippen LogP contribution in [0.3, 0.4) is 0 Å². The first-order valence-electron chi connectivity index (χ1n) is 11.4. The molecule has 3 aromatic carbocycles. The summed E-state index contributed by atoms with van der Waals surface area (Å²) in [5, 5.41) is 7.96. The first-order chi connectivity index (χ1) is 18.1. The molecule has 2 N–H and O–H groups in total. The molecule has 2 heterocycles. The molecule has 1 amide bonds. The van der Waals surface area contributed by atoms with Crippen molar-refractivity contribution in [2.75, 3.05) is 19.5 Å². The summed E-state index contributed by atoms with van der Waals surface area (Å²) >= 11 is 0. The lowest BCUT2D eigenvalue weighted by molar-refractivity contribution is -0.111. The fraction of sp³-hybridized carbons (Fsp3) is 0.0714. The van der Waals surface area contributed by atoms with Crippen LogP contribution in [0.2, 0.25) is 0 Å². The number of rotatable bonds is 7. The number of ether oxygens (including phenoxy) is 2. The normalized spacial score (nSPS) is 11.1. The number of hydrogen-bond acceptors (Lipinski definition) is 6. The SMILES string of the molecule is COc1ccc(-c2nn(-c3ccccc3)cc2/C=C/C(=O)Nc2ccc3nc[nH]c(=O)c3c2)cc1OC. The fourth-order valence-electron chi connectivity index (χ4n) is 3.93. The van der Waals surface area contributed by atoms with E-state index in [0.717, 1.165) is 16.8 Å². The highest BCUT2D eigenvalue weighted by atomic mass is 16.5. The van der Waals surface area contributed by atoms with Crippen molar-refractivity contribution < 1.29 is 14.3 Å². The van der Waals surface area contributed by atoms with Gasteiger partial charge < -0.3 is 19.8 Å². The Balaban J connectivity index is 1.47. The number of aromatic amines is 1. The number of aromatic nitrogens is 4. The Hall–Kier alpha value is -5.18. The third-order valence-electron chi connectivity index (χ3n) is 5.74. The number of H-pyrrole nitrogens is 1. The second kappa shape index (κ2) is 10.2. The monoisotopic (exact) mass is 493 g/mol. The van der Waals surface area contributed by atoms with Gasteiger partial charge in [-0.1, -0.05) is 18.2 Å². The van der Waals surface area contributed by atoms with E-state index in [4.69, 9.17) is 14.6 Å². The van der Waals surface area contributed by atoms with E-state index in [2.05, 4.69) is 15.3 Å². The summed E-state index contributed by atoms with van der Waals surface area (Å²) < 4.78 is 12.6. The number of anilines is 1. The molecule has 2 aromatic heterocycles. The van der Waals surface area contributed by atoms with Crippen molar-refractivity contribution in [1.29, 1.82) is 0 Å². The number of benzene rings is 3. The molecule has 0 aliphatic heterocycles. The van der Waals surface area contributed by atoms with Crippen molar-refractivity contribution in [3.63, 3.8) is 0 Å². The Morgan fingerprint density at radius 3 is 2.59 bits per heavy atom. The van der Waals surface area contributed by atoms with E-state index in [1.165, 1.54) is 12.4 Å². The molecular formula is C28H23N5O4. The minimum atomic E-state index is -0.356. The highest BCUT2D eigenvalue weighted by molar-refractivity contribution is 6.03. The molecule has 0 aliphatic rings. The molecular weight excluding hydrogens is 470 g/mol. The minimum Gasteiger partial charge on any atom is -0.493 e. The molecule has 0 unspecified atom stereocenters. The number of nitrogens with one attached hydrogen (secondary N) is 2. The zero-order chi connectivity index (χ0) is 25.8. The summed E-state index contributed by atoms with van der Waals surface area (Å²) in [6, 6.07) is 20.2. The van der Waals surface area contributed by atoms with Gasteiger partial charge in [0.25, 0.3) is 5.56 Å². The highest BCUT2D eigenvalue weighted by Crippen LogP contribution is 2.33. The Bertz CT molecular complexity index is 1670. The molecule has 0 atom stereocenters. The Morgan fingerprint density at radius 2 is 1.81 bits per heavy atom. The number of fused-ring (bicyclic) bond motifs is 1. The van der Waals surface area contributed by atoms with E-state index in [0.29, 0.717) is 33.8 Å². The third kappa shape index (κ3) is 4.96. The second-order valence-electron chi connectivity index (χ2n) is 8.07. The van der Waals surface area contributed by atoms with Crippen LogP contribution < -0.4 is 20.3 Å². The van der Waals surface area contributed by atoms with Crippen LogP contribution in [0.1, 0.15) is 5.56 Å². The first-order valence-corrected chi connectivity index (χ1v) is 11.4. The van der Waals surface area contributed by atoms with Crippen LogP contribution in [-0.4, -0.2) is 39.9 Å². The number of methoxy groups -OCH3 is 2. The minimum absolute atomic E-state index is 0.274. The number of nitrogens with zero attached hydrogens (tertiary/aromatic N) is 3. The quantitative estimate of drug-likeness (QED) is 0.324. The van der Waals surface area contributed by atoms with Gasteiger partial charge in [0, 0.05) is 29.1 Å². The van der Waals surface area contributed by atoms with Gasteiger partial charge in [0.15, 0.2) is 11.5 Å². The van der Waals surface area contributed by atoms with Crippen LogP contribution in [0.25, 0.3) is 33.9 Å². The lowest BCUT2D eigenvalue weighted by Crippen LogP contribution is -2.10. The van der Waals surface area contributed by atoms with Crippen LogP contribution in [0, 0.1) is 0 Å². The number of para-hydroxylation sites is 1. The first kappa shape index (κ1) is 23.6. The molecule has 0 bridgehead atoms. The molecule has 0 fully saturated rings. The standard InChI is InChI=1S/C28H23N5O4/c1-36-24-12-8-18(14-25(24)37-2)27-19(16-33(32-27)21-6-4-3-5-7-21)9-13-26(34)31-20-10-11-23-22(15-20)28(35)30-17-29-23/h3-17H,1-2H3,(H,31,34)(H,29,30,35)/b13-9+. The maximum Gasteiger partial charge on any atom is 0.258 e. The fourth-order valence-corrected chi connectivity index (χ4v) is 3.93. The maximum atomic E-state index is 12.8. The van der Waals surface area contributed by atoms with Gasteiger partial charge in [-0.3, -0.25) is 9.59 Å². The smallest absolute Gasteiger partial charge is 0.258 e. The van der Waals surface area contributed by atoms with Crippen molar-refractivity contribution in [1.82, 2.24) is 19.7 Å². The largest absolute Gasteiger partial charge is 0.493 e. The Morgan fingerprint density at radius 1 is 1.00 bits per heavy atom. The van der Waals surface area contributed by atoms with Gasteiger partial charge in [0.1, 0.15) is 5.69 Å². The van der Waals surface area contributed by atoms with Crippen molar-refractivity contribution in [3.05, 3.63) is 101 Å². The summed E-state index contributed by atoms with van der Waals surface area (Å²) in [6.45, 7) is 0. The number of amides is 1. The molecule has 0 spiro atoms. The van der Waals surface area contributed by atoms with Gasteiger partial charge in [-0.25, -0.2) is 9.67 Å². The van der Waals surface area contributed by atoms with Crippen LogP contribution in [0.5, 0.6) is 11.5 Å². The summed E-state index contributed by atoms with van der Waals surface area (Å²) in [5.74, 6) is 0.822. The van der Waals surface area contributed by atoms with Crippen LogP contribution in [0.15, 0.2) is 90.1 Å². The lowest BCUT2D eigenvalue weighted by atomic mass is 10.1. The lowest BCUT2D eigenvalue weighted by Gasteiger charge is -2.09. The van der Waals surface area contributed by atoms with Crippen molar-refractivity contribution in [2.24, 2.45) is 0 Å². The van der Waals surface area contributed by atoms with Crippen LogP contribution >= 0.6 is 0 Å². The average molecular weight is 494 g/mol. The highest BCUT2D eigenvalue weighted by Gasteiger charge is 2.14. The van der Waals surface area contributed by atoms with Crippen LogP contribution in [0.4, 0.5) is 5.69 Å². The predicted molar refractivity (Wildman–Crippen MR) is 142 cm³/mol. The second-order valence-corrected chi connectivity index (χ2v) is 8.07. The molecule has 0 aliphatic carbocycles. The van der Waals surface area contributed by atoms with Gasteiger partial charge >= 0.3 is 0 Å². The van der Waals surface area contributed by atoms with E-state index in [9.17, 15) is 9.59 Å². The van der Waals surface area contributed by atoms with Crippen LogP contribution in [-0.2, 0) is 4.79 Å². The molecule has 0 saturated heterocycles.